The smallest absolute Gasteiger partial charge is 0.313 e. The molecule has 0 fully saturated rings. The van der Waals surface area contributed by atoms with Crippen LogP contribution < -0.4 is 0 Å². The molecule has 0 aliphatic carbocycles. The van der Waals surface area contributed by atoms with E-state index in [2.05, 4.69) is 18.9 Å². The molecular formula is C10H14O8. The normalized spacial score (nSPS) is 12.8. The Morgan fingerprint density at radius 2 is 1.22 bits per heavy atom. The van der Waals surface area contributed by atoms with E-state index in [1.807, 2.05) is 0 Å². The van der Waals surface area contributed by atoms with E-state index in [9.17, 15) is 19.2 Å². The average molecular weight is 262 g/mol. The number of ether oxygens (including phenoxy) is 4. The van der Waals surface area contributed by atoms with E-state index in [-0.39, 0.29) is 26.2 Å². The Balaban J connectivity index is 4.91. The van der Waals surface area contributed by atoms with Crippen LogP contribution in [0.4, 0.5) is 0 Å². The molecule has 0 saturated carbocycles. The first kappa shape index (κ1) is 15.9. The van der Waals surface area contributed by atoms with E-state index < -0.39 is 23.8 Å². The van der Waals surface area contributed by atoms with E-state index in [0.29, 0.717) is 0 Å². The Kier molecular flexibility index (Phi) is 7.91. The maximum Gasteiger partial charge on any atom is 0.313 e. The predicted molar refractivity (Wildman–Crippen MR) is 55.0 cm³/mol. The third-order valence-electron chi connectivity index (χ3n) is 2.18. The molecule has 2 atom stereocenters. The second kappa shape index (κ2) is 8.97. The molecule has 0 aliphatic heterocycles. The fourth-order valence-electron chi connectivity index (χ4n) is 1.29. The maximum atomic E-state index is 11.5. The molecule has 0 aliphatic rings. The molecule has 0 saturated heterocycles. The highest BCUT2D eigenvalue weighted by atomic mass is 16.5. The monoisotopic (exact) mass is 262 g/mol. The maximum absolute atomic E-state index is 11.5. The van der Waals surface area contributed by atoms with E-state index >= 15 is 0 Å². The van der Waals surface area contributed by atoms with Crippen LogP contribution in [0.3, 0.4) is 0 Å². The summed E-state index contributed by atoms with van der Waals surface area (Å²) >= 11 is 0. The van der Waals surface area contributed by atoms with Crippen LogP contribution >= 0.6 is 0 Å². The van der Waals surface area contributed by atoms with E-state index in [1.54, 1.807) is 0 Å². The van der Waals surface area contributed by atoms with Crippen LogP contribution in [0.15, 0.2) is 0 Å². The molecular weight excluding hydrogens is 248 g/mol. The molecule has 0 aromatic carbocycles. The van der Waals surface area contributed by atoms with Crippen molar-refractivity contribution in [1.82, 2.24) is 0 Å². The third-order valence-corrected chi connectivity index (χ3v) is 2.18. The first-order valence-electron chi connectivity index (χ1n) is 4.88. The fraction of sp³-hybridized carbons (Fsp3) is 0.600. The first-order valence-corrected chi connectivity index (χ1v) is 4.88. The summed E-state index contributed by atoms with van der Waals surface area (Å²) in [6, 6.07) is 0. The third kappa shape index (κ3) is 4.81. The van der Waals surface area contributed by atoms with Crippen LogP contribution in [-0.2, 0) is 38.1 Å². The molecule has 0 aromatic heterocycles. The van der Waals surface area contributed by atoms with E-state index in [1.165, 1.54) is 0 Å². The number of methoxy groups -OCH3 is 2. The zero-order chi connectivity index (χ0) is 14.0. The van der Waals surface area contributed by atoms with Crippen molar-refractivity contribution >= 4 is 24.9 Å². The summed E-state index contributed by atoms with van der Waals surface area (Å²) in [6.07, 6.45) is 0. The van der Waals surface area contributed by atoms with Crippen LogP contribution in [0.2, 0.25) is 0 Å². The van der Waals surface area contributed by atoms with Crippen LogP contribution in [0.5, 0.6) is 0 Å². The van der Waals surface area contributed by atoms with Gasteiger partial charge in [0.2, 0.25) is 0 Å². The van der Waals surface area contributed by atoms with Crippen LogP contribution in [-0.4, -0.2) is 52.3 Å². The highest BCUT2D eigenvalue weighted by Crippen LogP contribution is 2.17. The second-order valence-corrected chi connectivity index (χ2v) is 3.12. The highest BCUT2D eigenvalue weighted by molar-refractivity contribution is 5.82. The number of hydrogen-bond acceptors (Lipinski definition) is 8. The Morgan fingerprint density at radius 3 is 1.44 bits per heavy atom. The van der Waals surface area contributed by atoms with Crippen LogP contribution in [0, 0.1) is 11.8 Å². The molecule has 0 unspecified atom stereocenters. The number of rotatable bonds is 9. The Bertz CT molecular complexity index is 270. The number of esters is 2. The predicted octanol–water partition coefficient (Wildman–Crippen LogP) is -1.09. The van der Waals surface area contributed by atoms with Gasteiger partial charge in [-0.05, 0) is 0 Å². The van der Waals surface area contributed by atoms with Gasteiger partial charge in [0.05, 0.1) is 14.2 Å². The molecule has 18 heavy (non-hydrogen) atoms. The largest absolute Gasteiger partial charge is 0.469 e. The van der Waals surface area contributed by atoms with Gasteiger partial charge < -0.3 is 18.9 Å². The van der Waals surface area contributed by atoms with Crippen molar-refractivity contribution in [2.24, 2.45) is 11.8 Å². The van der Waals surface area contributed by atoms with E-state index in [4.69, 9.17) is 0 Å². The second-order valence-electron chi connectivity index (χ2n) is 3.12. The van der Waals surface area contributed by atoms with Crippen molar-refractivity contribution in [2.75, 3.05) is 27.4 Å². The first-order chi connectivity index (χ1) is 8.62. The summed E-state index contributed by atoms with van der Waals surface area (Å²) in [5, 5.41) is 0. The minimum absolute atomic E-state index is 0.130. The average Bonchev–Trinajstić information content (AvgIpc) is 2.40. The van der Waals surface area contributed by atoms with Crippen LogP contribution in [0.1, 0.15) is 0 Å². The summed E-state index contributed by atoms with van der Waals surface area (Å²) in [7, 11) is 2.23. The van der Waals surface area contributed by atoms with Gasteiger partial charge in [-0.25, -0.2) is 0 Å². The van der Waals surface area contributed by atoms with Crippen LogP contribution in [0.25, 0.3) is 0 Å². The molecule has 0 aromatic rings. The van der Waals surface area contributed by atoms with Gasteiger partial charge in [0.25, 0.3) is 12.9 Å². The van der Waals surface area contributed by atoms with Gasteiger partial charge in [0.15, 0.2) is 0 Å². The van der Waals surface area contributed by atoms with Crippen molar-refractivity contribution in [3.05, 3.63) is 0 Å². The lowest BCUT2D eigenvalue weighted by Gasteiger charge is -2.21. The fourth-order valence-corrected chi connectivity index (χ4v) is 1.29. The van der Waals surface area contributed by atoms with Crippen molar-refractivity contribution in [3.63, 3.8) is 0 Å². The summed E-state index contributed by atoms with van der Waals surface area (Å²) in [6.45, 7) is -0.494. The molecule has 0 heterocycles. The molecule has 0 N–H and O–H groups in total. The molecule has 8 heteroatoms. The minimum atomic E-state index is -1.10. The Morgan fingerprint density at radius 1 is 0.889 bits per heavy atom. The zero-order valence-corrected chi connectivity index (χ0v) is 9.99. The topological polar surface area (TPSA) is 105 Å². The lowest BCUT2D eigenvalue weighted by Crippen LogP contribution is -2.37. The van der Waals surface area contributed by atoms with Gasteiger partial charge in [-0.3, -0.25) is 19.2 Å². The molecule has 0 spiro atoms. The minimum Gasteiger partial charge on any atom is -0.469 e. The van der Waals surface area contributed by atoms with Crippen molar-refractivity contribution in [3.8, 4) is 0 Å². The molecule has 102 valence electrons. The van der Waals surface area contributed by atoms with Crippen molar-refractivity contribution in [2.45, 2.75) is 0 Å². The summed E-state index contributed by atoms with van der Waals surface area (Å²) < 4.78 is 17.8. The number of carbonyl (C=O) groups is 4. The van der Waals surface area contributed by atoms with Crippen molar-refractivity contribution in [1.29, 1.82) is 0 Å². The number of hydrogen-bond donors (Lipinski definition) is 0. The standard InChI is InChI=1S/C10H14O8/c1-15-9(13)7(3-17-5-11)8(4-18-6-12)10(14)16-2/h5-8H,3-4H2,1-2H3/t7-,8-/m0/s1. The summed E-state index contributed by atoms with van der Waals surface area (Å²) in [5.74, 6) is -3.76. The number of carbonyl (C=O) groups excluding carboxylic acids is 4. The Labute approximate surface area is 103 Å². The molecule has 0 bridgehead atoms. The van der Waals surface area contributed by atoms with Crippen molar-refractivity contribution < 1.29 is 38.1 Å². The lowest BCUT2D eigenvalue weighted by atomic mass is 9.93. The van der Waals surface area contributed by atoms with Gasteiger partial charge in [0.1, 0.15) is 25.0 Å². The summed E-state index contributed by atoms with van der Waals surface area (Å²) in [4.78, 5) is 43.2. The SMILES string of the molecule is COC(=O)[C@@H](COC=O)[C@H](COC=O)C(=O)OC. The molecule has 0 amide bonds. The van der Waals surface area contributed by atoms with Gasteiger partial charge in [-0.1, -0.05) is 0 Å². The Hall–Kier alpha value is -2.12. The quantitative estimate of drug-likeness (QED) is 0.293. The molecule has 0 radical (unpaired) electrons. The van der Waals surface area contributed by atoms with Gasteiger partial charge in [-0.15, -0.1) is 0 Å². The lowest BCUT2D eigenvalue weighted by molar-refractivity contribution is -0.164. The molecule has 0 rings (SSSR count). The van der Waals surface area contributed by atoms with Gasteiger partial charge >= 0.3 is 11.9 Å². The highest BCUT2D eigenvalue weighted by Gasteiger charge is 2.36. The van der Waals surface area contributed by atoms with E-state index in [0.717, 1.165) is 14.2 Å². The zero-order valence-electron chi connectivity index (χ0n) is 9.99. The van der Waals surface area contributed by atoms with Gasteiger partial charge in [-0.2, -0.15) is 0 Å². The van der Waals surface area contributed by atoms with Gasteiger partial charge in [0, 0.05) is 0 Å². The molecule has 8 nitrogen and oxygen atoms in total. The summed E-state index contributed by atoms with van der Waals surface area (Å²) in [5.41, 5.74) is 0.